The Bertz CT molecular complexity index is 1330. The fraction of sp³-hybridized carbons (Fsp3) is 0.240. The molecule has 2 atom stereocenters. The van der Waals surface area contributed by atoms with Gasteiger partial charge < -0.3 is 15.6 Å². The molecule has 2 unspecified atom stereocenters. The summed E-state index contributed by atoms with van der Waals surface area (Å²) in [5.74, 6) is -0.388. The first-order chi connectivity index (χ1) is 16.3. The number of thiophene rings is 1. The van der Waals surface area contributed by atoms with Gasteiger partial charge in [-0.1, -0.05) is 44.0 Å². The SMILES string of the molecule is CCC(C)C(NC(=O)c1sc(NC(=O)c2ccc(F)cc2Cl)cc1C)c1nc2ccccc2[nH]1. The largest absolute Gasteiger partial charge is 0.341 e. The van der Waals surface area contributed by atoms with Crippen molar-refractivity contribution in [2.45, 2.75) is 33.2 Å². The number of hydrogen-bond donors (Lipinski definition) is 3. The number of H-pyrrole nitrogens is 1. The molecule has 0 aliphatic heterocycles. The zero-order valence-corrected chi connectivity index (χ0v) is 20.5. The average Bonchev–Trinajstić information content (AvgIpc) is 3.39. The topological polar surface area (TPSA) is 86.9 Å². The smallest absolute Gasteiger partial charge is 0.262 e. The molecular weight excluding hydrogens is 475 g/mol. The van der Waals surface area contributed by atoms with E-state index in [1.807, 2.05) is 31.2 Å². The molecule has 176 valence electrons. The zero-order valence-electron chi connectivity index (χ0n) is 18.9. The van der Waals surface area contributed by atoms with Crippen molar-refractivity contribution in [1.82, 2.24) is 15.3 Å². The molecule has 2 aromatic heterocycles. The number of aryl methyl sites for hydroxylation is 1. The van der Waals surface area contributed by atoms with Crippen LogP contribution in [0.3, 0.4) is 0 Å². The Balaban J connectivity index is 1.54. The van der Waals surface area contributed by atoms with Gasteiger partial charge in [0.15, 0.2) is 0 Å². The molecule has 4 aromatic rings. The van der Waals surface area contributed by atoms with Gasteiger partial charge in [0, 0.05) is 0 Å². The van der Waals surface area contributed by atoms with Crippen LogP contribution in [0, 0.1) is 18.7 Å². The number of aromatic amines is 1. The molecule has 3 N–H and O–H groups in total. The maximum Gasteiger partial charge on any atom is 0.262 e. The van der Waals surface area contributed by atoms with E-state index in [-0.39, 0.29) is 28.5 Å². The highest BCUT2D eigenvalue weighted by atomic mass is 35.5. The normalized spacial score (nSPS) is 13.0. The summed E-state index contributed by atoms with van der Waals surface area (Å²) < 4.78 is 13.3. The predicted molar refractivity (Wildman–Crippen MR) is 134 cm³/mol. The van der Waals surface area contributed by atoms with Crippen LogP contribution in [0.15, 0.2) is 48.5 Å². The van der Waals surface area contributed by atoms with Crippen molar-refractivity contribution in [3.63, 3.8) is 0 Å². The summed E-state index contributed by atoms with van der Waals surface area (Å²) in [5.41, 5.74) is 2.64. The van der Waals surface area contributed by atoms with E-state index in [9.17, 15) is 14.0 Å². The number of para-hydroxylation sites is 2. The van der Waals surface area contributed by atoms with Crippen LogP contribution in [0.25, 0.3) is 11.0 Å². The second kappa shape index (κ2) is 9.95. The number of hydrogen-bond acceptors (Lipinski definition) is 4. The number of nitrogens with zero attached hydrogens (tertiary/aromatic N) is 1. The van der Waals surface area contributed by atoms with Crippen molar-refractivity contribution in [3.05, 3.63) is 81.2 Å². The summed E-state index contributed by atoms with van der Waals surface area (Å²) >= 11 is 7.16. The Labute approximate surface area is 205 Å². The molecule has 9 heteroatoms. The lowest BCUT2D eigenvalue weighted by Crippen LogP contribution is -2.33. The lowest BCUT2D eigenvalue weighted by atomic mass is 9.98. The Kier molecular flexibility index (Phi) is 7.00. The summed E-state index contributed by atoms with van der Waals surface area (Å²) in [5, 5.41) is 6.38. The van der Waals surface area contributed by atoms with Crippen molar-refractivity contribution in [3.8, 4) is 0 Å². The van der Waals surface area contributed by atoms with Gasteiger partial charge in [0.25, 0.3) is 11.8 Å². The van der Waals surface area contributed by atoms with E-state index >= 15 is 0 Å². The van der Waals surface area contributed by atoms with Crippen molar-refractivity contribution in [2.24, 2.45) is 5.92 Å². The molecule has 0 saturated heterocycles. The monoisotopic (exact) mass is 498 g/mol. The number of carbonyl (C=O) groups is 2. The molecule has 0 radical (unpaired) electrons. The molecule has 0 spiro atoms. The van der Waals surface area contributed by atoms with E-state index in [1.165, 1.54) is 23.5 Å². The van der Waals surface area contributed by atoms with Crippen LogP contribution in [0.4, 0.5) is 9.39 Å². The number of carbonyl (C=O) groups excluding carboxylic acids is 2. The summed E-state index contributed by atoms with van der Waals surface area (Å²) in [6.07, 6.45) is 0.852. The van der Waals surface area contributed by atoms with Gasteiger partial charge in [0.05, 0.1) is 37.5 Å². The van der Waals surface area contributed by atoms with Gasteiger partial charge in [0.2, 0.25) is 0 Å². The standard InChI is InChI=1S/C25H24ClFN4O2S/c1-4-13(2)21(23-28-18-7-5-6-8-19(18)29-23)31-25(33)22-14(3)11-20(34-22)30-24(32)16-10-9-15(27)12-17(16)26/h5-13,21H,4H2,1-3H3,(H,28,29)(H,30,32)(H,31,33). The lowest BCUT2D eigenvalue weighted by molar-refractivity contribution is 0.0923. The number of anilines is 1. The van der Waals surface area contributed by atoms with Crippen LogP contribution in [0.1, 0.15) is 57.7 Å². The Morgan fingerprint density at radius 3 is 2.65 bits per heavy atom. The first-order valence-corrected chi connectivity index (χ1v) is 12.1. The van der Waals surface area contributed by atoms with Crippen LogP contribution in [-0.4, -0.2) is 21.8 Å². The average molecular weight is 499 g/mol. The molecule has 0 bridgehead atoms. The van der Waals surface area contributed by atoms with E-state index < -0.39 is 11.7 Å². The molecule has 4 rings (SSSR count). The third kappa shape index (κ3) is 4.98. The van der Waals surface area contributed by atoms with E-state index in [0.717, 1.165) is 29.1 Å². The minimum Gasteiger partial charge on any atom is -0.341 e. The molecule has 2 amide bonds. The number of imidazole rings is 1. The summed E-state index contributed by atoms with van der Waals surface area (Å²) in [6.45, 7) is 5.94. The quantitative estimate of drug-likeness (QED) is 0.272. The minimum atomic E-state index is -0.521. The van der Waals surface area contributed by atoms with E-state index in [1.54, 1.807) is 6.07 Å². The van der Waals surface area contributed by atoms with Crippen molar-refractivity contribution in [2.75, 3.05) is 5.32 Å². The number of rotatable bonds is 7. The van der Waals surface area contributed by atoms with Crippen LogP contribution in [-0.2, 0) is 0 Å². The Morgan fingerprint density at radius 1 is 1.18 bits per heavy atom. The molecular formula is C25H24ClFN4O2S. The Hall–Kier alpha value is -3.23. The summed E-state index contributed by atoms with van der Waals surface area (Å²) in [6, 6.07) is 12.7. The predicted octanol–water partition coefficient (Wildman–Crippen LogP) is 6.49. The minimum absolute atomic E-state index is 0.0194. The third-order valence-corrected chi connectivity index (χ3v) is 7.20. The van der Waals surface area contributed by atoms with Crippen molar-refractivity contribution >= 4 is 50.8 Å². The van der Waals surface area contributed by atoms with E-state index in [0.29, 0.717) is 15.7 Å². The maximum absolute atomic E-state index is 13.3. The highest BCUT2D eigenvalue weighted by molar-refractivity contribution is 7.18. The van der Waals surface area contributed by atoms with Gasteiger partial charge in [-0.05, 0) is 54.8 Å². The van der Waals surface area contributed by atoms with E-state index in [4.69, 9.17) is 11.6 Å². The summed E-state index contributed by atoms with van der Waals surface area (Å²) in [4.78, 5) is 34.3. The highest BCUT2D eigenvalue weighted by Gasteiger charge is 2.26. The lowest BCUT2D eigenvalue weighted by Gasteiger charge is -2.22. The molecule has 34 heavy (non-hydrogen) atoms. The number of fused-ring (bicyclic) bond motifs is 1. The first kappa shape index (κ1) is 23.9. The van der Waals surface area contributed by atoms with Crippen LogP contribution in [0.2, 0.25) is 5.02 Å². The second-order valence-electron chi connectivity index (χ2n) is 8.18. The highest BCUT2D eigenvalue weighted by Crippen LogP contribution is 2.30. The number of aromatic nitrogens is 2. The molecule has 2 heterocycles. The molecule has 2 aromatic carbocycles. The van der Waals surface area contributed by atoms with Gasteiger partial charge in [-0.3, -0.25) is 9.59 Å². The Morgan fingerprint density at radius 2 is 1.94 bits per heavy atom. The number of benzene rings is 2. The molecule has 0 aliphatic carbocycles. The number of halogens is 2. The number of amides is 2. The number of nitrogens with one attached hydrogen (secondary N) is 3. The molecule has 0 aliphatic rings. The van der Waals surface area contributed by atoms with Gasteiger partial charge in [-0.25, -0.2) is 9.37 Å². The third-order valence-electron chi connectivity index (χ3n) is 5.74. The van der Waals surface area contributed by atoms with Gasteiger partial charge >= 0.3 is 0 Å². The fourth-order valence-electron chi connectivity index (χ4n) is 3.66. The van der Waals surface area contributed by atoms with Gasteiger partial charge in [-0.15, -0.1) is 11.3 Å². The maximum atomic E-state index is 13.3. The second-order valence-corrected chi connectivity index (χ2v) is 9.64. The first-order valence-electron chi connectivity index (χ1n) is 10.9. The fourth-order valence-corrected chi connectivity index (χ4v) is 4.89. The molecule has 6 nitrogen and oxygen atoms in total. The van der Waals surface area contributed by atoms with Gasteiger partial charge in [-0.2, -0.15) is 0 Å². The van der Waals surface area contributed by atoms with Gasteiger partial charge in [0.1, 0.15) is 11.6 Å². The van der Waals surface area contributed by atoms with E-state index in [2.05, 4.69) is 34.4 Å². The summed E-state index contributed by atoms with van der Waals surface area (Å²) in [7, 11) is 0. The zero-order chi connectivity index (χ0) is 24.4. The van der Waals surface area contributed by atoms with Crippen LogP contribution < -0.4 is 10.6 Å². The van der Waals surface area contributed by atoms with Crippen molar-refractivity contribution < 1.29 is 14.0 Å². The van der Waals surface area contributed by atoms with Crippen molar-refractivity contribution in [1.29, 1.82) is 0 Å². The van der Waals surface area contributed by atoms with Crippen LogP contribution in [0.5, 0.6) is 0 Å². The molecule has 0 fully saturated rings. The molecule has 0 saturated carbocycles. The van der Waals surface area contributed by atoms with Crippen LogP contribution >= 0.6 is 22.9 Å².